The molecule has 3 aromatic carbocycles. The van der Waals surface area contributed by atoms with E-state index >= 15 is 0 Å². The molecule has 0 radical (unpaired) electrons. The molecule has 36 heavy (non-hydrogen) atoms. The van der Waals surface area contributed by atoms with Crippen molar-refractivity contribution >= 4 is 50.5 Å². The van der Waals surface area contributed by atoms with Crippen LogP contribution in [0.25, 0.3) is 0 Å². The van der Waals surface area contributed by atoms with Crippen molar-refractivity contribution in [3.05, 3.63) is 87.4 Å². The standard InChI is InChI=1S/C27H29Cl3N2O3S/c28-22-9-12-24(13-10-22)36(33,34)32(26-19-23(29)11-14-25(26)30)20-21-7-2-3-8-27(21)35-18-6-17-31-15-4-1-5-16-31/h2-3,7-14,19H,1,4-6,15-18,20H2. The Morgan fingerprint density at radius 1 is 0.861 bits per heavy atom. The van der Waals surface area contributed by atoms with E-state index in [0.29, 0.717) is 28.1 Å². The van der Waals surface area contributed by atoms with Gasteiger partial charge < -0.3 is 9.64 Å². The Labute approximate surface area is 228 Å². The highest BCUT2D eigenvalue weighted by atomic mass is 35.5. The molecule has 192 valence electrons. The highest BCUT2D eigenvalue weighted by molar-refractivity contribution is 7.92. The van der Waals surface area contributed by atoms with Crippen LogP contribution in [0.2, 0.25) is 15.1 Å². The first-order valence-corrected chi connectivity index (χ1v) is 14.6. The minimum atomic E-state index is -4.00. The Morgan fingerprint density at radius 3 is 2.31 bits per heavy atom. The lowest BCUT2D eigenvalue weighted by molar-refractivity contribution is 0.204. The van der Waals surface area contributed by atoms with Gasteiger partial charge in [0.15, 0.2) is 0 Å². The molecule has 0 unspecified atom stereocenters. The van der Waals surface area contributed by atoms with Gasteiger partial charge in [-0.3, -0.25) is 4.31 Å². The Morgan fingerprint density at radius 2 is 1.56 bits per heavy atom. The first kappa shape index (κ1) is 27.1. The number of halogens is 3. The molecule has 0 spiro atoms. The van der Waals surface area contributed by atoms with Crippen LogP contribution < -0.4 is 9.04 Å². The fourth-order valence-electron chi connectivity index (χ4n) is 4.29. The second kappa shape index (κ2) is 12.5. The number of benzene rings is 3. The van der Waals surface area contributed by atoms with Crippen molar-refractivity contribution in [3.63, 3.8) is 0 Å². The van der Waals surface area contributed by atoms with Crippen LogP contribution in [0.1, 0.15) is 31.2 Å². The quantitative estimate of drug-likeness (QED) is 0.241. The largest absolute Gasteiger partial charge is 0.493 e. The average Bonchev–Trinajstić information content (AvgIpc) is 2.88. The summed E-state index contributed by atoms with van der Waals surface area (Å²) in [5, 5.41) is 1.11. The molecule has 0 saturated carbocycles. The first-order valence-electron chi connectivity index (χ1n) is 12.0. The van der Waals surface area contributed by atoms with Crippen LogP contribution in [0.3, 0.4) is 0 Å². The number of para-hydroxylation sites is 1. The molecule has 0 bridgehead atoms. The van der Waals surface area contributed by atoms with Crippen molar-refractivity contribution in [1.82, 2.24) is 4.90 Å². The van der Waals surface area contributed by atoms with E-state index in [9.17, 15) is 8.42 Å². The molecule has 1 fully saturated rings. The van der Waals surface area contributed by atoms with Crippen LogP contribution in [0.5, 0.6) is 5.75 Å². The Kier molecular flexibility index (Phi) is 9.42. The molecular weight excluding hydrogens is 539 g/mol. The van der Waals surface area contributed by atoms with Gasteiger partial charge in [-0.2, -0.15) is 0 Å². The van der Waals surface area contributed by atoms with E-state index in [1.807, 2.05) is 24.3 Å². The molecule has 0 N–H and O–H groups in total. The Bertz CT molecular complexity index is 1260. The molecule has 4 rings (SSSR count). The number of sulfonamides is 1. The summed E-state index contributed by atoms with van der Waals surface area (Å²) in [6, 6.07) is 18.3. The van der Waals surface area contributed by atoms with Gasteiger partial charge in [0, 0.05) is 22.2 Å². The number of ether oxygens (including phenoxy) is 1. The molecule has 1 aliphatic rings. The van der Waals surface area contributed by atoms with Crippen LogP contribution in [0.15, 0.2) is 71.6 Å². The van der Waals surface area contributed by atoms with Gasteiger partial charge in [0.05, 0.1) is 28.8 Å². The highest BCUT2D eigenvalue weighted by Crippen LogP contribution is 2.35. The van der Waals surface area contributed by atoms with E-state index in [-0.39, 0.29) is 16.5 Å². The molecule has 0 aliphatic carbocycles. The summed E-state index contributed by atoms with van der Waals surface area (Å²) < 4.78 is 35.0. The summed E-state index contributed by atoms with van der Waals surface area (Å²) in [6.07, 6.45) is 4.73. The third-order valence-electron chi connectivity index (χ3n) is 6.19. The fraction of sp³-hybridized carbons (Fsp3) is 0.333. The molecule has 3 aromatic rings. The number of hydrogen-bond donors (Lipinski definition) is 0. The van der Waals surface area contributed by atoms with E-state index in [0.717, 1.165) is 31.6 Å². The molecule has 0 atom stereocenters. The molecule has 0 aromatic heterocycles. The van der Waals surface area contributed by atoms with Gasteiger partial charge in [0.1, 0.15) is 5.75 Å². The number of anilines is 1. The minimum absolute atomic E-state index is 0.0212. The molecule has 9 heteroatoms. The van der Waals surface area contributed by atoms with Crippen molar-refractivity contribution in [2.75, 3.05) is 30.5 Å². The summed E-state index contributed by atoms with van der Waals surface area (Å²) >= 11 is 18.7. The van der Waals surface area contributed by atoms with E-state index in [2.05, 4.69) is 4.90 Å². The molecule has 0 amide bonds. The summed E-state index contributed by atoms with van der Waals surface area (Å²) in [6.45, 7) is 3.86. The molecule has 5 nitrogen and oxygen atoms in total. The van der Waals surface area contributed by atoms with Gasteiger partial charge in [-0.25, -0.2) is 8.42 Å². The number of rotatable bonds is 10. The lowest BCUT2D eigenvalue weighted by Gasteiger charge is -2.27. The first-order chi connectivity index (χ1) is 17.3. The smallest absolute Gasteiger partial charge is 0.264 e. The lowest BCUT2D eigenvalue weighted by Crippen LogP contribution is -2.31. The Balaban J connectivity index is 1.58. The third kappa shape index (κ3) is 6.87. The van der Waals surface area contributed by atoms with E-state index in [1.165, 1.54) is 35.7 Å². The van der Waals surface area contributed by atoms with Crippen LogP contribution in [-0.2, 0) is 16.6 Å². The number of nitrogens with zero attached hydrogens (tertiary/aromatic N) is 2. The summed E-state index contributed by atoms with van der Waals surface area (Å²) in [4.78, 5) is 2.57. The number of hydrogen-bond acceptors (Lipinski definition) is 4. The SMILES string of the molecule is O=S(=O)(c1ccc(Cl)cc1)N(Cc1ccccc1OCCCN1CCCCC1)c1cc(Cl)ccc1Cl. The van der Waals surface area contributed by atoms with Crippen molar-refractivity contribution in [3.8, 4) is 5.75 Å². The van der Waals surface area contributed by atoms with Gasteiger partial charge in [0.2, 0.25) is 0 Å². The maximum absolute atomic E-state index is 13.8. The van der Waals surface area contributed by atoms with E-state index in [1.54, 1.807) is 30.3 Å². The fourth-order valence-corrected chi connectivity index (χ4v) is 6.31. The normalized spacial score (nSPS) is 14.5. The molecule has 1 heterocycles. The summed E-state index contributed by atoms with van der Waals surface area (Å²) in [5.41, 5.74) is 1.02. The number of piperidine rings is 1. The van der Waals surface area contributed by atoms with Crippen LogP contribution in [-0.4, -0.2) is 39.6 Å². The van der Waals surface area contributed by atoms with Crippen molar-refractivity contribution < 1.29 is 13.2 Å². The van der Waals surface area contributed by atoms with Crippen molar-refractivity contribution in [2.24, 2.45) is 0 Å². The zero-order valence-corrected chi connectivity index (χ0v) is 23.0. The zero-order valence-electron chi connectivity index (χ0n) is 19.9. The monoisotopic (exact) mass is 566 g/mol. The summed E-state index contributed by atoms with van der Waals surface area (Å²) in [7, 11) is -4.00. The van der Waals surface area contributed by atoms with Crippen LogP contribution in [0.4, 0.5) is 5.69 Å². The summed E-state index contributed by atoms with van der Waals surface area (Å²) in [5.74, 6) is 0.644. The molecule has 1 saturated heterocycles. The molecular formula is C27H29Cl3N2O3S. The van der Waals surface area contributed by atoms with Gasteiger partial charge in [-0.05, 0) is 80.9 Å². The predicted octanol–water partition coefficient (Wildman–Crippen LogP) is 7.30. The maximum Gasteiger partial charge on any atom is 0.264 e. The van der Waals surface area contributed by atoms with Crippen LogP contribution in [0, 0.1) is 0 Å². The maximum atomic E-state index is 13.8. The van der Waals surface area contributed by atoms with Gasteiger partial charge in [0.25, 0.3) is 10.0 Å². The lowest BCUT2D eigenvalue weighted by atomic mass is 10.1. The topological polar surface area (TPSA) is 49.9 Å². The number of likely N-dealkylation sites (tertiary alicyclic amines) is 1. The van der Waals surface area contributed by atoms with E-state index in [4.69, 9.17) is 39.5 Å². The van der Waals surface area contributed by atoms with Gasteiger partial charge in [-0.15, -0.1) is 0 Å². The zero-order chi connectivity index (χ0) is 25.5. The van der Waals surface area contributed by atoms with Gasteiger partial charge in [-0.1, -0.05) is 59.4 Å². The average molecular weight is 568 g/mol. The third-order valence-corrected chi connectivity index (χ3v) is 8.77. The van der Waals surface area contributed by atoms with E-state index < -0.39 is 10.0 Å². The van der Waals surface area contributed by atoms with Gasteiger partial charge >= 0.3 is 0 Å². The molecule has 1 aliphatic heterocycles. The minimum Gasteiger partial charge on any atom is -0.493 e. The second-order valence-electron chi connectivity index (χ2n) is 8.77. The Hall–Kier alpha value is -1.96. The predicted molar refractivity (Wildman–Crippen MR) is 148 cm³/mol. The highest BCUT2D eigenvalue weighted by Gasteiger charge is 2.28. The van der Waals surface area contributed by atoms with Crippen molar-refractivity contribution in [2.45, 2.75) is 37.1 Å². The van der Waals surface area contributed by atoms with Crippen molar-refractivity contribution in [1.29, 1.82) is 0 Å². The van der Waals surface area contributed by atoms with Crippen LogP contribution >= 0.6 is 34.8 Å². The second-order valence-corrected chi connectivity index (χ2v) is 11.9.